The van der Waals surface area contributed by atoms with Gasteiger partial charge in [-0.05, 0) is 36.5 Å². The fraction of sp³-hybridized carbons (Fsp3) is 0.500. The fourth-order valence-corrected chi connectivity index (χ4v) is 2.29. The largest absolute Gasteiger partial charge is 0.492 e. The Kier molecular flexibility index (Phi) is 4.15. The van der Waals surface area contributed by atoms with Crippen LogP contribution in [0.25, 0.3) is 0 Å². The van der Waals surface area contributed by atoms with E-state index in [2.05, 4.69) is 12.1 Å². The van der Waals surface area contributed by atoms with Crippen molar-refractivity contribution in [2.24, 2.45) is 5.73 Å². The van der Waals surface area contributed by atoms with E-state index < -0.39 is 0 Å². The van der Waals surface area contributed by atoms with Crippen LogP contribution in [0.3, 0.4) is 0 Å². The van der Waals surface area contributed by atoms with Crippen LogP contribution < -0.4 is 10.5 Å². The Bertz CT molecular complexity index is 362. The van der Waals surface area contributed by atoms with Crippen LogP contribution in [0.15, 0.2) is 24.3 Å². The summed E-state index contributed by atoms with van der Waals surface area (Å²) in [6.45, 7) is 1.09. The standard InChI is InChI=1S/C14H19NO2/c15-9-10-17-14-7-3-12(4-8-14)11-1-5-13(16)6-2-11/h3-4,7-8,11H,1-2,5-6,9-10,15H2. The summed E-state index contributed by atoms with van der Waals surface area (Å²) < 4.78 is 5.44. The molecule has 1 aliphatic rings. The van der Waals surface area contributed by atoms with E-state index in [0.717, 1.165) is 31.4 Å². The van der Waals surface area contributed by atoms with Gasteiger partial charge in [-0.3, -0.25) is 4.79 Å². The van der Waals surface area contributed by atoms with Crippen molar-refractivity contribution in [2.45, 2.75) is 31.6 Å². The Labute approximate surface area is 102 Å². The molecule has 2 N–H and O–H groups in total. The molecular formula is C14H19NO2. The first kappa shape index (κ1) is 12.1. The fourth-order valence-electron chi connectivity index (χ4n) is 2.29. The third-order valence-electron chi connectivity index (χ3n) is 3.28. The number of Topliss-reactive ketones (excluding diaryl/α,β-unsaturated/α-hetero) is 1. The molecule has 0 heterocycles. The average molecular weight is 233 g/mol. The van der Waals surface area contributed by atoms with Crippen molar-refractivity contribution in [1.82, 2.24) is 0 Å². The molecule has 1 saturated carbocycles. The first-order valence-corrected chi connectivity index (χ1v) is 6.24. The summed E-state index contributed by atoms with van der Waals surface area (Å²) in [7, 11) is 0. The van der Waals surface area contributed by atoms with E-state index >= 15 is 0 Å². The molecule has 0 aromatic heterocycles. The summed E-state index contributed by atoms with van der Waals surface area (Å²) in [5, 5.41) is 0. The molecule has 2 rings (SSSR count). The molecule has 0 bridgehead atoms. The summed E-state index contributed by atoms with van der Waals surface area (Å²) in [6, 6.07) is 8.18. The number of hydrogen-bond donors (Lipinski definition) is 1. The highest BCUT2D eigenvalue weighted by Crippen LogP contribution is 2.31. The molecule has 0 radical (unpaired) electrons. The second kappa shape index (κ2) is 5.82. The third kappa shape index (κ3) is 3.30. The van der Waals surface area contributed by atoms with Gasteiger partial charge < -0.3 is 10.5 Å². The third-order valence-corrected chi connectivity index (χ3v) is 3.28. The molecule has 3 heteroatoms. The summed E-state index contributed by atoms with van der Waals surface area (Å²) >= 11 is 0. The van der Waals surface area contributed by atoms with Gasteiger partial charge in [0.15, 0.2) is 0 Å². The van der Waals surface area contributed by atoms with Gasteiger partial charge in [0, 0.05) is 19.4 Å². The van der Waals surface area contributed by atoms with Gasteiger partial charge in [-0.1, -0.05) is 12.1 Å². The van der Waals surface area contributed by atoms with E-state index in [1.54, 1.807) is 0 Å². The molecule has 1 aromatic rings. The number of hydrogen-bond acceptors (Lipinski definition) is 3. The van der Waals surface area contributed by atoms with Gasteiger partial charge in [0.2, 0.25) is 0 Å². The van der Waals surface area contributed by atoms with Crippen molar-refractivity contribution in [3.05, 3.63) is 29.8 Å². The van der Waals surface area contributed by atoms with Crippen LogP contribution in [-0.2, 0) is 4.79 Å². The van der Waals surface area contributed by atoms with Crippen LogP contribution in [0.2, 0.25) is 0 Å². The minimum atomic E-state index is 0.407. The Balaban J connectivity index is 1.95. The molecule has 0 spiro atoms. The first-order chi connectivity index (χ1) is 8.29. The van der Waals surface area contributed by atoms with E-state index in [-0.39, 0.29) is 0 Å². The molecule has 0 unspecified atom stereocenters. The van der Waals surface area contributed by atoms with Crippen molar-refractivity contribution in [3.63, 3.8) is 0 Å². The maximum Gasteiger partial charge on any atom is 0.132 e. The second-order valence-electron chi connectivity index (χ2n) is 4.52. The molecule has 0 atom stereocenters. The van der Waals surface area contributed by atoms with E-state index in [0.29, 0.717) is 24.9 Å². The number of rotatable bonds is 4. The molecule has 92 valence electrons. The van der Waals surface area contributed by atoms with Gasteiger partial charge in [-0.15, -0.1) is 0 Å². The highest BCUT2D eigenvalue weighted by molar-refractivity contribution is 5.79. The highest BCUT2D eigenvalue weighted by Gasteiger charge is 2.19. The molecule has 0 aliphatic heterocycles. The second-order valence-corrected chi connectivity index (χ2v) is 4.52. The summed E-state index contributed by atoms with van der Waals surface area (Å²) in [5.41, 5.74) is 6.70. The highest BCUT2D eigenvalue weighted by atomic mass is 16.5. The number of ether oxygens (including phenoxy) is 1. The monoisotopic (exact) mass is 233 g/mol. The van der Waals surface area contributed by atoms with Gasteiger partial charge in [-0.25, -0.2) is 0 Å². The first-order valence-electron chi connectivity index (χ1n) is 6.24. The van der Waals surface area contributed by atoms with E-state index in [1.165, 1.54) is 5.56 Å². The van der Waals surface area contributed by atoms with Crippen molar-refractivity contribution >= 4 is 5.78 Å². The van der Waals surface area contributed by atoms with E-state index in [4.69, 9.17) is 10.5 Å². The lowest BCUT2D eigenvalue weighted by atomic mass is 9.83. The minimum absolute atomic E-state index is 0.407. The Hall–Kier alpha value is -1.35. The molecular weight excluding hydrogens is 214 g/mol. The van der Waals surface area contributed by atoms with Gasteiger partial charge in [0.25, 0.3) is 0 Å². The van der Waals surface area contributed by atoms with E-state index in [1.807, 2.05) is 12.1 Å². The van der Waals surface area contributed by atoms with Crippen molar-refractivity contribution in [2.75, 3.05) is 13.2 Å². The lowest BCUT2D eigenvalue weighted by molar-refractivity contribution is -0.120. The average Bonchev–Trinajstić information content (AvgIpc) is 2.38. The summed E-state index contributed by atoms with van der Waals surface area (Å²) in [4.78, 5) is 11.2. The van der Waals surface area contributed by atoms with Crippen molar-refractivity contribution in [3.8, 4) is 5.75 Å². The minimum Gasteiger partial charge on any atom is -0.492 e. The molecule has 0 saturated heterocycles. The summed E-state index contributed by atoms with van der Waals surface area (Å²) in [6.07, 6.45) is 3.44. The topological polar surface area (TPSA) is 52.3 Å². The SMILES string of the molecule is NCCOc1ccc(C2CCC(=O)CC2)cc1. The van der Waals surface area contributed by atoms with Crippen LogP contribution in [0.1, 0.15) is 37.2 Å². The predicted octanol–water partition coefficient (Wildman–Crippen LogP) is 2.25. The molecule has 17 heavy (non-hydrogen) atoms. The van der Waals surface area contributed by atoms with Crippen LogP contribution in [0.5, 0.6) is 5.75 Å². The normalized spacial score (nSPS) is 17.1. The lowest BCUT2D eigenvalue weighted by Gasteiger charge is -2.21. The molecule has 3 nitrogen and oxygen atoms in total. The van der Waals surface area contributed by atoms with Crippen LogP contribution in [-0.4, -0.2) is 18.9 Å². The molecule has 1 fully saturated rings. The number of carbonyl (C=O) groups excluding carboxylic acids is 1. The maximum absolute atomic E-state index is 11.2. The molecule has 0 amide bonds. The summed E-state index contributed by atoms with van der Waals surface area (Å²) in [5.74, 6) is 1.81. The Morgan fingerprint density at radius 2 is 1.82 bits per heavy atom. The number of nitrogens with two attached hydrogens (primary N) is 1. The van der Waals surface area contributed by atoms with Crippen LogP contribution in [0, 0.1) is 0 Å². The Morgan fingerprint density at radius 1 is 1.18 bits per heavy atom. The van der Waals surface area contributed by atoms with Gasteiger partial charge in [0.1, 0.15) is 18.1 Å². The van der Waals surface area contributed by atoms with Gasteiger partial charge in [0.05, 0.1) is 0 Å². The zero-order valence-corrected chi connectivity index (χ0v) is 10.0. The number of ketones is 1. The number of benzene rings is 1. The van der Waals surface area contributed by atoms with Crippen molar-refractivity contribution in [1.29, 1.82) is 0 Å². The quantitative estimate of drug-likeness (QED) is 0.867. The van der Waals surface area contributed by atoms with Gasteiger partial charge in [-0.2, -0.15) is 0 Å². The predicted molar refractivity (Wildman–Crippen MR) is 67.2 cm³/mol. The zero-order valence-electron chi connectivity index (χ0n) is 10.0. The molecule has 1 aliphatic carbocycles. The Morgan fingerprint density at radius 3 is 2.41 bits per heavy atom. The van der Waals surface area contributed by atoms with E-state index in [9.17, 15) is 4.79 Å². The maximum atomic E-state index is 11.2. The lowest BCUT2D eigenvalue weighted by Crippen LogP contribution is -2.12. The van der Waals surface area contributed by atoms with Crippen LogP contribution in [0.4, 0.5) is 0 Å². The molecule has 1 aromatic carbocycles. The van der Waals surface area contributed by atoms with Gasteiger partial charge >= 0.3 is 0 Å². The zero-order chi connectivity index (χ0) is 12.1. The van der Waals surface area contributed by atoms with Crippen molar-refractivity contribution < 1.29 is 9.53 Å². The smallest absolute Gasteiger partial charge is 0.132 e. The number of carbonyl (C=O) groups is 1. The van der Waals surface area contributed by atoms with Crippen LogP contribution >= 0.6 is 0 Å².